The number of hydrazine groups is 1. The molecule has 0 aliphatic heterocycles. The Morgan fingerprint density at radius 1 is 1.29 bits per heavy atom. The molecular weight excluding hydrogens is 270 g/mol. The highest BCUT2D eigenvalue weighted by Crippen LogP contribution is 2.25. The number of nitrogen functional groups attached to an aromatic ring is 1. The number of amides is 1. The predicted octanol–water partition coefficient (Wildman–Crippen LogP) is 2.01. The molecule has 0 aliphatic rings. The molecule has 0 unspecified atom stereocenters. The van der Waals surface area contributed by atoms with Crippen molar-refractivity contribution in [2.75, 3.05) is 0 Å². The van der Waals surface area contributed by atoms with Crippen LogP contribution in [0.15, 0.2) is 53.3 Å². The minimum Gasteiger partial charge on any atom is -0.485 e. The Morgan fingerprint density at radius 3 is 3.05 bits per heavy atom. The third-order valence-corrected chi connectivity index (χ3v) is 3.09. The molecule has 0 aliphatic carbocycles. The largest absolute Gasteiger partial charge is 0.485 e. The summed E-state index contributed by atoms with van der Waals surface area (Å²) >= 11 is 0. The van der Waals surface area contributed by atoms with Crippen LogP contribution < -0.4 is 16.0 Å². The lowest BCUT2D eigenvalue weighted by molar-refractivity contribution is 0.0949. The maximum atomic E-state index is 11.6. The van der Waals surface area contributed by atoms with Crippen molar-refractivity contribution < 1.29 is 13.9 Å². The zero-order chi connectivity index (χ0) is 14.7. The van der Waals surface area contributed by atoms with Gasteiger partial charge >= 0.3 is 0 Å². The molecule has 0 atom stereocenters. The summed E-state index contributed by atoms with van der Waals surface area (Å²) in [5.74, 6) is 5.80. The zero-order valence-electron chi connectivity index (χ0n) is 11.1. The van der Waals surface area contributed by atoms with Crippen molar-refractivity contribution in [2.24, 2.45) is 5.84 Å². The molecule has 21 heavy (non-hydrogen) atoms. The standard InChI is InChI=1S/C15H13N3O3/c16-18-15(19)11-6-8-20-14(11)9-21-13-5-1-4-12-10(13)3-2-7-17-12/h1-8H,9,16H2,(H,18,19). The number of aromatic nitrogens is 1. The summed E-state index contributed by atoms with van der Waals surface area (Å²) in [6.07, 6.45) is 3.15. The molecule has 0 bridgehead atoms. The quantitative estimate of drug-likeness (QED) is 0.434. The molecule has 3 N–H and O–H groups in total. The summed E-state index contributed by atoms with van der Waals surface area (Å²) in [5, 5.41) is 0.899. The minimum absolute atomic E-state index is 0.129. The highest BCUT2D eigenvalue weighted by molar-refractivity contribution is 5.94. The number of pyridine rings is 1. The molecular formula is C15H13N3O3. The van der Waals surface area contributed by atoms with Gasteiger partial charge in [0.25, 0.3) is 5.91 Å². The number of carbonyl (C=O) groups is 1. The van der Waals surface area contributed by atoms with Crippen LogP contribution in [0, 0.1) is 0 Å². The number of hydrogen-bond acceptors (Lipinski definition) is 5. The molecule has 6 heteroatoms. The molecule has 1 amide bonds. The van der Waals surface area contributed by atoms with Crippen molar-refractivity contribution >= 4 is 16.8 Å². The summed E-state index contributed by atoms with van der Waals surface area (Å²) < 4.78 is 11.0. The van der Waals surface area contributed by atoms with Crippen LogP contribution in [0.5, 0.6) is 5.75 Å². The van der Waals surface area contributed by atoms with Crippen molar-refractivity contribution in [1.29, 1.82) is 0 Å². The fourth-order valence-corrected chi connectivity index (χ4v) is 2.08. The van der Waals surface area contributed by atoms with Gasteiger partial charge in [-0.1, -0.05) is 6.07 Å². The second kappa shape index (κ2) is 5.64. The van der Waals surface area contributed by atoms with Crippen LogP contribution in [0.1, 0.15) is 16.1 Å². The van der Waals surface area contributed by atoms with Crippen molar-refractivity contribution in [3.05, 3.63) is 60.2 Å². The number of rotatable bonds is 4. The molecule has 3 rings (SSSR count). The third-order valence-electron chi connectivity index (χ3n) is 3.09. The number of ether oxygens (including phenoxy) is 1. The molecule has 0 saturated carbocycles. The normalized spacial score (nSPS) is 10.5. The molecule has 106 valence electrons. The summed E-state index contributed by atoms with van der Waals surface area (Å²) in [7, 11) is 0. The Hall–Kier alpha value is -2.86. The van der Waals surface area contributed by atoms with Crippen molar-refractivity contribution in [3.63, 3.8) is 0 Å². The van der Waals surface area contributed by atoms with Gasteiger partial charge in [-0.25, -0.2) is 5.84 Å². The van der Waals surface area contributed by atoms with E-state index in [0.29, 0.717) is 17.1 Å². The van der Waals surface area contributed by atoms with E-state index in [-0.39, 0.29) is 6.61 Å². The van der Waals surface area contributed by atoms with E-state index in [2.05, 4.69) is 10.4 Å². The van der Waals surface area contributed by atoms with Crippen molar-refractivity contribution in [2.45, 2.75) is 6.61 Å². The average molecular weight is 283 g/mol. The van der Waals surface area contributed by atoms with Gasteiger partial charge < -0.3 is 9.15 Å². The molecule has 2 aromatic heterocycles. The average Bonchev–Trinajstić information content (AvgIpc) is 3.00. The first-order valence-electron chi connectivity index (χ1n) is 6.33. The fraction of sp³-hybridized carbons (Fsp3) is 0.0667. The van der Waals surface area contributed by atoms with E-state index < -0.39 is 5.91 Å². The highest BCUT2D eigenvalue weighted by Gasteiger charge is 2.14. The predicted molar refractivity (Wildman–Crippen MR) is 76.4 cm³/mol. The lowest BCUT2D eigenvalue weighted by atomic mass is 10.2. The van der Waals surface area contributed by atoms with E-state index >= 15 is 0 Å². The number of carbonyl (C=O) groups excluding carboxylic acids is 1. The van der Waals surface area contributed by atoms with E-state index in [1.165, 1.54) is 6.26 Å². The minimum atomic E-state index is -0.415. The van der Waals surface area contributed by atoms with E-state index in [0.717, 1.165) is 10.9 Å². The van der Waals surface area contributed by atoms with Crippen molar-refractivity contribution in [1.82, 2.24) is 10.4 Å². The third kappa shape index (κ3) is 2.56. The second-order valence-corrected chi connectivity index (χ2v) is 4.35. The smallest absolute Gasteiger partial charge is 0.268 e. The Balaban J connectivity index is 1.84. The van der Waals surface area contributed by atoms with Gasteiger partial charge in [0, 0.05) is 11.6 Å². The molecule has 0 radical (unpaired) electrons. The van der Waals surface area contributed by atoms with Gasteiger partial charge in [0.2, 0.25) is 0 Å². The number of furan rings is 1. The van der Waals surface area contributed by atoms with Crippen LogP contribution in [0.2, 0.25) is 0 Å². The van der Waals surface area contributed by atoms with Gasteiger partial charge in [-0.05, 0) is 30.3 Å². The number of hydrogen-bond donors (Lipinski definition) is 2. The zero-order valence-corrected chi connectivity index (χ0v) is 11.1. The van der Waals surface area contributed by atoms with Crippen LogP contribution in [-0.4, -0.2) is 10.9 Å². The van der Waals surface area contributed by atoms with Crippen LogP contribution in [0.4, 0.5) is 0 Å². The Labute approximate surface area is 120 Å². The fourth-order valence-electron chi connectivity index (χ4n) is 2.08. The topological polar surface area (TPSA) is 90.4 Å². The van der Waals surface area contributed by atoms with Gasteiger partial charge in [-0.15, -0.1) is 0 Å². The van der Waals surface area contributed by atoms with Crippen LogP contribution in [0.3, 0.4) is 0 Å². The molecule has 0 saturated heterocycles. The highest BCUT2D eigenvalue weighted by atomic mass is 16.5. The maximum absolute atomic E-state index is 11.6. The first-order valence-corrected chi connectivity index (χ1v) is 6.33. The molecule has 0 fully saturated rings. The summed E-state index contributed by atoms with van der Waals surface area (Å²) in [4.78, 5) is 15.8. The van der Waals surface area contributed by atoms with Gasteiger partial charge in [0.1, 0.15) is 12.4 Å². The Morgan fingerprint density at radius 2 is 2.19 bits per heavy atom. The van der Waals surface area contributed by atoms with Gasteiger partial charge in [0.15, 0.2) is 5.76 Å². The molecule has 2 heterocycles. The van der Waals surface area contributed by atoms with E-state index in [9.17, 15) is 4.79 Å². The molecule has 0 spiro atoms. The lowest BCUT2D eigenvalue weighted by Crippen LogP contribution is -2.30. The molecule has 6 nitrogen and oxygen atoms in total. The van der Waals surface area contributed by atoms with E-state index in [4.69, 9.17) is 15.0 Å². The van der Waals surface area contributed by atoms with Crippen molar-refractivity contribution in [3.8, 4) is 5.75 Å². The lowest BCUT2D eigenvalue weighted by Gasteiger charge is -2.08. The SMILES string of the molecule is NNC(=O)c1ccoc1COc1cccc2ncccc12. The maximum Gasteiger partial charge on any atom is 0.268 e. The van der Waals surface area contributed by atoms with E-state index in [1.54, 1.807) is 12.3 Å². The van der Waals surface area contributed by atoms with Crippen LogP contribution in [-0.2, 0) is 6.61 Å². The van der Waals surface area contributed by atoms with Gasteiger partial charge in [-0.2, -0.15) is 0 Å². The van der Waals surface area contributed by atoms with Gasteiger partial charge in [-0.3, -0.25) is 15.2 Å². The van der Waals surface area contributed by atoms with Crippen LogP contribution >= 0.6 is 0 Å². The Kier molecular flexibility index (Phi) is 3.53. The second-order valence-electron chi connectivity index (χ2n) is 4.35. The number of nitrogens with one attached hydrogen (secondary N) is 1. The van der Waals surface area contributed by atoms with E-state index in [1.807, 2.05) is 30.3 Å². The van der Waals surface area contributed by atoms with Gasteiger partial charge in [0.05, 0.1) is 17.3 Å². The monoisotopic (exact) mass is 283 g/mol. The Bertz CT molecular complexity index is 777. The number of nitrogens with zero attached hydrogens (tertiary/aromatic N) is 1. The number of nitrogens with two attached hydrogens (primary N) is 1. The first-order chi connectivity index (χ1) is 10.3. The summed E-state index contributed by atoms with van der Waals surface area (Å²) in [6, 6.07) is 10.9. The summed E-state index contributed by atoms with van der Waals surface area (Å²) in [6.45, 7) is 0.129. The number of fused-ring (bicyclic) bond motifs is 1. The first kappa shape index (κ1) is 13.1. The number of benzene rings is 1. The molecule has 1 aromatic carbocycles. The van der Waals surface area contributed by atoms with Crippen LogP contribution in [0.25, 0.3) is 10.9 Å². The summed E-state index contributed by atoms with van der Waals surface area (Å²) in [5.41, 5.74) is 3.27. The molecule has 3 aromatic rings.